The number of carbonyl (C=O) groups excluding carboxylic acids is 1. The van der Waals surface area contributed by atoms with Crippen LogP contribution in [0.2, 0.25) is 0 Å². The fraction of sp³-hybridized carbons (Fsp3) is 0.118. The molecule has 0 fully saturated rings. The van der Waals surface area contributed by atoms with Crippen molar-refractivity contribution in [1.29, 1.82) is 0 Å². The number of aryl methyl sites for hydroxylation is 1. The summed E-state index contributed by atoms with van der Waals surface area (Å²) in [5.74, 6) is 0.292. The Kier molecular flexibility index (Phi) is 3.19. The van der Waals surface area contributed by atoms with Crippen LogP contribution in [0.25, 0.3) is 16.5 Å². The summed E-state index contributed by atoms with van der Waals surface area (Å²) in [5.41, 5.74) is 2.13. The molecule has 7 heteroatoms. The number of hydrogen-bond donors (Lipinski definition) is 2. The van der Waals surface area contributed by atoms with E-state index in [9.17, 15) is 9.59 Å². The van der Waals surface area contributed by atoms with E-state index in [-0.39, 0.29) is 23.7 Å². The van der Waals surface area contributed by atoms with E-state index < -0.39 is 0 Å². The molecule has 0 aliphatic carbocycles. The third-order valence-corrected chi connectivity index (χ3v) is 3.78. The van der Waals surface area contributed by atoms with Gasteiger partial charge in [0.2, 0.25) is 0 Å². The fourth-order valence-corrected chi connectivity index (χ4v) is 2.61. The van der Waals surface area contributed by atoms with Crippen LogP contribution in [0.15, 0.2) is 51.9 Å². The molecule has 1 amide bonds. The molecule has 0 saturated carbocycles. The highest BCUT2D eigenvalue weighted by Crippen LogP contribution is 2.20. The SMILES string of the molecule is Cc1ccc2oc(CNC(=O)c3cc4c(=O)[nH]ccn4n3)cc2c1. The first-order valence-corrected chi connectivity index (χ1v) is 7.44. The molecular formula is C17H14N4O3. The third-order valence-electron chi connectivity index (χ3n) is 3.78. The van der Waals surface area contributed by atoms with Crippen LogP contribution in [-0.2, 0) is 6.54 Å². The number of aromatic amines is 1. The Bertz CT molecular complexity index is 1120. The summed E-state index contributed by atoms with van der Waals surface area (Å²) in [4.78, 5) is 26.4. The van der Waals surface area contributed by atoms with Gasteiger partial charge in [-0.2, -0.15) is 5.10 Å². The van der Waals surface area contributed by atoms with Crippen LogP contribution in [0.4, 0.5) is 0 Å². The van der Waals surface area contributed by atoms with Gasteiger partial charge >= 0.3 is 0 Å². The van der Waals surface area contributed by atoms with Gasteiger partial charge in [-0.3, -0.25) is 9.59 Å². The minimum atomic E-state index is -0.366. The van der Waals surface area contributed by atoms with Crippen molar-refractivity contribution < 1.29 is 9.21 Å². The molecule has 0 spiro atoms. The lowest BCUT2D eigenvalue weighted by molar-refractivity contribution is 0.0943. The third kappa shape index (κ3) is 2.45. The van der Waals surface area contributed by atoms with Crippen LogP contribution < -0.4 is 10.9 Å². The highest BCUT2D eigenvalue weighted by atomic mass is 16.3. The Morgan fingerprint density at radius 1 is 1.33 bits per heavy atom. The molecule has 7 nitrogen and oxygen atoms in total. The Balaban J connectivity index is 1.54. The lowest BCUT2D eigenvalue weighted by atomic mass is 10.2. The first kappa shape index (κ1) is 14.3. The number of nitrogens with one attached hydrogen (secondary N) is 2. The summed E-state index contributed by atoms with van der Waals surface area (Å²) >= 11 is 0. The predicted octanol–water partition coefficient (Wildman–Crippen LogP) is 2.01. The summed E-state index contributed by atoms with van der Waals surface area (Å²) in [5, 5.41) is 7.84. The van der Waals surface area contributed by atoms with Crippen molar-refractivity contribution in [2.24, 2.45) is 0 Å². The van der Waals surface area contributed by atoms with Crippen molar-refractivity contribution >= 4 is 22.4 Å². The van der Waals surface area contributed by atoms with Crippen LogP contribution >= 0.6 is 0 Å². The van der Waals surface area contributed by atoms with Crippen LogP contribution in [0.3, 0.4) is 0 Å². The topological polar surface area (TPSA) is 92.4 Å². The van der Waals surface area contributed by atoms with Gasteiger partial charge in [0.1, 0.15) is 16.9 Å². The van der Waals surface area contributed by atoms with E-state index in [4.69, 9.17) is 4.42 Å². The van der Waals surface area contributed by atoms with Gasteiger partial charge in [0.05, 0.1) is 6.54 Å². The molecule has 2 N–H and O–H groups in total. The van der Waals surface area contributed by atoms with Crippen molar-refractivity contribution in [3.05, 3.63) is 70.1 Å². The Hall–Kier alpha value is -3.35. The van der Waals surface area contributed by atoms with Crippen molar-refractivity contribution in [2.45, 2.75) is 13.5 Å². The van der Waals surface area contributed by atoms with Gasteiger partial charge in [-0.15, -0.1) is 0 Å². The van der Waals surface area contributed by atoms with Crippen molar-refractivity contribution in [1.82, 2.24) is 19.9 Å². The molecule has 0 atom stereocenters. The van der Waals surface area contributed by atoms with Gasteiger partial charge in [0.15, 0.2) is 5.69 Å². The molecule has 4 rings (SSSR count). The summed E-state index contributed by atoms with van der Waals surface area (Å²) in [7, 11) is 0. The minimum Gasteiger partial charge on any atom is -0.459 e. The lowest BCUT2D eigenvalue weighted by Crippen LogP contribution is -2.23. The first-order chi connectivity index (χ1) is 11.6. The number of furan rings is 1. The van der Waals surface area contributed by atoms with E-state index in [1.165, 1.54) is 16.8 Å². The average Bonchev–Trinajstić information content (AvgIpc) is 3.16. The van der Waals surface area contributed by atoms with E-state index in [2.05, 4.69) is 15.4 Å². The van der Waals surface area contributed by atoms with E-state index in [1.54, 1.807) is 6.20 Å². The number of nitrogens with zero attached hydrogens (tertiary/aromatic N) is 2. The smallest absolute Gasteiger partial charge is 0.273 e. The number of amides is 1. The number of H-pyrrole nitrogens is 1. The second kappa shape index (κ2) is 5.38. The zero-order valence-electron chi connectivity index (χ0n) is 12.9. The number of aromatic nitrogens is 3. The Morgan fingerprint density at radius 2 is 2.21 bits per heavy atom. The Labute approximate surface area is 135 Å². The maximum Gasteiger partial charge on any atom is 0.273 e. The summed E-state index contributed by atoms with van der Waals surface area (Å²) < 4.78 is 7.06. The van der Waals surface area contributed by atoms with Gasteiger partial charge in [-0.1, -0.05) is 11.6 Å². The van der Waals surface area contributed by atoms with Crippen LogP contribution in [0, 0.1) is 6.92 Å². The number of rotatable bonds is 3. The molecule has 3 aromatic heterocycles. The van der Waals surface area contributed by atoms with Crippen molar-refractivity contribution in [3.8, 4) is 0 Å². The Morgan fingerprint density at radius 3 is 3.04 bits per heavy atom. The second-order valence-corrected chi connectivity index (χ2v) is 5.59. The molecule has 3 heterocycles. The first-order valence-electron chi connectivity index (χ1n) is 7.44. The summed E-state index contributed by atoms with van der Waals surface area (Å²) in [6.45, 7) is 2.26. The van der Waals surface area contributed by atoms with Gasteiger partial charge in [-0.25, -0.2) is 4.52 Å². The molecule has 0 bridgehead atoms. The molecule has 0 aliphatic rings. The average molecular weight is 322 g/mol. The van der Waals surface area contributed by atoms with Gasteiger partial charge in [0, 0.05) is 23.8 Å². The van der Waals surface area contributed by atoms with Crippen molar-refractivity contribution in [2.75, 3.05) is 0 Å². The van der Waals surface area contributed by atoms with Crippen LogP contribution in [0.1, 0.15) is 21.8 Å². The molecule has 0 unspecified atom stereocenters. The largest absolute Gasteiger partial charge is 0.459 e. The second-order valence-electron chi connectivity index (χ2n) is 5.59. The molecule has 0 saturated heterocycles. The molecule has 0 radical (unpaired) electrons. The predicted molar refractivity (Wildman–Crippen MR) is 87.9 cm³/mol. The molecule has 120 valence electrons. The molecule has 24 heavy (non-hydrogen) atoms. The maximum absolute atomic E-state index is 12.2. The normalized spacial score (nSPS) is 11.2. The molecule has 4 aromatic rings. The van der Waals surface area contributed by atoms with E-state index in [1.807, 2.05) is 31.2 Å². The monoisotopic (exact) mass is 322 g/mol. The van der Waals surface area contributed by atoms with Crippen LogP contribution in [-0.4, -0.2) is 20.5 Å². The van der Waals surface area contributed by atoms with Crippen molar-refractivity contribution in [3.63, 3.8) is 0 Å². The standard InChI is InChI=1S/C17H14N4O3/c1-10-2-3-15-11(6-10)7-12(24-15)9-19-16(22)13-8-14-17(23)18-4-5-21(14)20-13/h2-8H,9H2,1H3,(H,18,23)(H,19,22). The number of fused-ring (bicyclic) bond motifs is 2. The van der Waals surface area contributed by atoms with Gasteiger partial charge in [0.25, 0.3) is 11.5 Å². The van der Waals surface area contributed by atoms with Crippen LogP contribution in [0.5, 0.6) is 0 Å². The van der Waals surface area contributed by atoms with Gasteiger partial charge < -0.3 is 14.7 Å². The molecule has 0 aliphatic heterocycles. The molecule has 1 aromatic carbocycles. The highest BCUT2D eigenvalue weighted by molar-refractivity contribution is 5.93. The zero-order valence-corrected chi connectivity index (χ0v) is 12.9. The maximum atomic E-state index is 12.2. The minimum absolute atomic E-state index is 0.179. The number of benzene rings is 1. The highest BCUT2D eigenvalue weighted by Gasteiger charge is 2.13. The van der Waals surface area contributed by atoms with E-state index >= 15 is 0 Å². The fourth-order valence-electron chi connectivity index (χ4n) is 2.61. The van der Waals surface area contributed by atoms with Gasteiger partial charge in [-0.05, 0) is 25.1 Å². The lowest BCUT2D eigenvalue weighted by Gasteiger charge is -1.99. The molecular weight excluding hydrogens is 308 g/mol. The number of hydrogen-bond acceptors (Lipinski definition) is 4. The van der Waals surface area contributed by atoms with E-state index in [0.717, 1.165) is 16.5 Å². The summed E-state index contributed by atoms with van der Waals surface area (Å²) in [6.07, 6.45) is 3.05. The quantitative estimate of drug-likeness (QED) is 0.603. The zero-order chi connectivity index (χ0) is 16.7. The number of carbonyl (C=O) groups is 1. The summed E-state index contributed by atoms with van der Waals surface area (Å²) in [6, 6.07) is 9.26. The van der Waals surface area contributed by atoms with E-state index in [0.29, 0.717) is 11.3 Å².